The Morgan fingerprint density at radius 1 is 1.39 bits per heavy atom. The molecule has 5 nitrogen and oxygen atoms in total. The molecular formula is C12H15NO4S. The third kappa shape index (κ3) is 2.39. The maximum Gasteiger partial charge on any atom is 0.345 e. The van der Waals surface area contributed by atoms with Crippen LogP contribution in [0.25, 0.3) is 0 Å². The molecule has 0 spiro atoms. The standard InChI is InChI=1S/C12H15NO4S/c1-12(2)7-17-6-5-13(12)10(14)8-3-4-9(18-8)11(15)16/h3-4H,5-7H2,1-2H3,(H,15,16). The smallest absolute Gasteiger partial charge is 0.345 e. The lowest BCUT2D eigenvalue weighted by molar-refractivity contribution is -0.0368. The molecule has 0 bridgehead atoms. The van der Waals surface area contributed by atoms with E-state index in [9.17, 15) is 9.59 Å². The van der Waals surface area contributed by atoms with Gasteiger partial charge in [0, 0.05) is 6.54 Å². The molecule has 1 N–H and O–H groups in total. The van der Waals surface area contributed by atoms with Crippen molar-refractivity contribution in [2.45, 2.75) is 19.4 Å². The largest absolute Gasteiger partial charge is 0.477 e. The topological polar surface area (TPSA) is 66.8 Å². The van der Waals surface area contributed by atoms with Gasteiger partial charge in [-0.05, 0) is 26.0 Å². The van der Waals surface area contributed by atoms with E-state index >= 15 is 0 Å². The molecule has 1 amide bonds. The second kappa shape index (κ2) is 4.70. The summed E-state index contributed by atoms with van der Waals surface area (Å²) in [5.41, 5.74) is -0.358. The van der Waals surface area contributed by atoms with Gasteiger partial charge in [-0.25, -0.2) is 4.79 Å². The lowest BCUT2D eigenvalue weighted by Crippen LogP contribution is -2.55. The number of thiophene rings is 1. The molecule has 0 atom stereocenters. The number of aromatic carboxylic acids is 1. The molecule has 1 saturated heterocycles. The molecule has 98 valence electrons. The third-order valence-corrected chi connectivity index (χ3v) is 3.98. The van der Waals surface area contributed by atoms with Crippen molar-refractivity contribution in [3.8, 4) is 0 Å². The van der Waals surface area contributed by atoms with Crippen LogP contribution in [0.1, 0.15) is 33.2 Å². The summed E-state index contributed by atoms with van der Waals surface area (Å²) in [6.45, 7) is 5.43. The van der Waals surface area contributed by atoms with E-state index in [1.54, 1.807) is 11.0 Å². The number of carboxylic acids is 1. The lowest BCUT2D eigenvalue weighted by atomic mass is 10.0. The van der Waals surface area contributed by atoms with Gasteiger partial charge in [-0.3, -0.25) is 4.79 Å². The highest BCUT2D eigenvalue weighted by Crippen LogP contribution is 2.25. The van der Waals surface area contributed by atoms with E-state index in [1.165, 1.54) is 6.07 Å². The van der Waals surface area contributed by atoms with Gasteiger partial charge in [0.1, 0.15) is 4.88 Å². The van der Waals surface area contributed by atoms with Gasteiger partial charge >= 0.3 is 5.97 Å². The average molecular weight is 269 g/mol. The van der Waals surface area contributed by atoms with Crippen LogP contribution in [-0.4, -0.2) is 47.2 Å². The molecule has 1 aliphatic rings. The maximum atomic E-state index is 12.3. The molecule has 2 heterocycles. The van der Waals surface area contributed by atoms with Crippen molar-refractivity contribution >= 4 is 23.2 Å². The molecule has 0 unspecified atom stereocenters. The van der Waals surface area contributed by atoms with Crippen molar-refractivity contribution in [2.24, 2.45) is 0 Å². The van der Waals surface area contributed by atoms with Crippen LogP contribution in [0.4, 0.5) is 0 Å². The Kier molecular flexibility index (Phi) is 3.41. The highest BCUT2D eigenvalue weighted by atomic mass is 32.1. The van der Waals surface area contributed by atoms with Gasteiger partial charge in [0.25, 0.3) is 5.91 Å². The van der Waals surface area contributed by atoms with Gasteiger partial charge in [0.05, 0.1) is 23.6 Å². The summed E-state index contributed by atoms with van der Waals surface area (Å²) in [6.07, 6.45) is 0. The lowest BCUT2D eigenvalue weighted by Gasteiger charge is -2.41. The van der Waals surface area contributed by atoms with Crippen LogP contribution in [0.2, 0.25) is 0 Å². The number of amides is 1. The second-order valence-corrected chi connectivity index (χ2v) is 5.87. The first kappa shape index (κ1) is 13.0. The minimum atomic E-state index is -1.000. The van der Waals surface area contributed by atoms with E-state index in [2.05, 4.69) is 0 Å². The molecule has 0 aromatic carbocycles. The van der Waals surface area contributed by atoms with Gasteiger partial charge in [-0.1, -0.05) is 0 Å². The number of morpholine rings is 1. The van der Waals surface area contributed by atoms with Crippen LogP contribution < -0.4 is 0 Å². The van der Waals surface area contributed by atoms with Crippen LogP contribution in [0.15, 0.2) is 12.1 Å². The van der Waals surface area contributed by atoms with E-state index in [0.29, 0.717) is 24.6 Å². The van der Waals surface area contributed by atoms with Crippen LogP contribution in [0.3, 0.4) is 0 Å². The summed E-state index contributed by atoms with van der Waals surface area (Å²) in [7, 11) is 0. The zero-order chi connectivity index (χ0) is 13.3. The molecule has 0 aliphatic carbocycles. The zero-order valence-corrected chi connectivity index (χ0v) is 11.1. The Hall–Kier alpha value is -1.40. The van der Waals surface area contributed by atoms with Gasteiger partial charge < -0.3 is 14.7 Å². The SMILES string of the molecule is CC1(C)COCCN1C(=O)c1ccc(C(=O)O)s1. The number of hydrogen-bond acceptors (Lipinski definition) is 4. The normalized spacial score (nSPS) is 18.7. The van der Waals surface area contributed by atoms with E-state index in [4.69, 9.17) is 9.84 Å². The number of nitrogens with zero attached hydrogens (tertiary/aromatic N) is 1. The number of rotatable bonds is 2. The van der Waals surface area contributed by atoms with Gasteiger partial charge in [-0.15, -0.1) is 11.3 Å². The first-order chi connectivity index (χ1) is 8.42. The Bertz CT molecular complexity index is 480. The van der Waals surface area contributed by atoms with E-state index < -0.39 is 5.97 Å². The van der Waals surface area contributed by atoms with Gasteiger partial charge in [-0.2, -0.15) is 0 Å². The number of hydrogen-bond donors (Lipinski definition) is 1. The van der Waals surface area contributed by atoms with Crippen LogP contribution in [-0.2, 0) is 4.74 Å². The molecular weight excluding hydrogens is 254 g/mol. The van der Waals surface area contributed by atoms with Crippen molar-refractivity contribution in [1.82, 2.24) is 4.90 Å². The van der Waals surface area contributed by atoms with Gasteiger partial charge in [0.2, 0.25) is 0 Å². The summed E-state index contributed by atoms with van der Waals surface area (Å²) in [4.78, 5) is 25.5. The van der Waals surface area contributed by atoms with Crippen LogP contribution in [0.5, 0.6) is 0 Å². The molecule has 0 radical (unpaired) electrons. The highest BCUT2D eigenvalue weighted by molar-refractivity contribution is 7.15. The fourth-order valence-electron chi connectivity index (χ4n) is 1.94. The molecule has 18 heavy (non-hydrogen) atoms. The van der Waals surface area contributed by atoms with Crippen molar-refractivity contribution in [2.75, 3.05) is 19.8 Å². The Morgan fingerprint density at radius 2 is 2.06 bits per heavy atom. The number of ether oxygens (including phenoxy) is 1. The third-order valence-electron chi connectivity index (χ3n) is 2.92. The van der Waals surface area contributed by atoms with Gasteiger partial charge in [0.15, 0.2) is 0 Å². The van der Waals surface area contributed by atoms with Crippen molar-refractivity contribution in [3.63, 3.8) is 0 Å². The summed E-state index contributed by atoms with van der Waals surface area (Å²) in [6, 6.07) is 3.04. The van der Waals surface area contributed by atoms with Crippen molar-refractivity contribution in [3.05, 3.63) is 21.9 Å². The number of carbonyl (C=O) groups excluding carboxylic acids is 1. The first-order valence-electron chi connectivity index (χ1n) is 5.65. The molecule has 1 aliphatic heterocycles. The van der Waals surface area contributed by atoms with Crippen LogP contribution in [0, 0.1) is 0 Å². The quantitative estimate of drug-likeness (QED) is 0.887. The van der Waals surface area contributed by atoms with Crippen molar-refractivity contribution in [1.29, 1.82) is 0 Å². The zero-order valence-electron chi connectivity index (χ0n) is 10.3. The number of carbonyl (C=O) groups is 2. The Balaban J connectivity index is 2.21. The molecule has 6 heteroatoms. The fourth-order valence-corrected chi connectivity index (χ4v) is 2.73. The number of carboxylic acid groups (broad SMARTS) is 1. The first-order valence-corrected chi connectivity index (χ1v) is 6.46. The Labute approximate surface area is 109 Å². The minimum Gasteiger partial charge on any atom is -0.477 e. The van der Waals surface area contributed by atoms with E-state index in [1.807, 2.05) is 13.8 Å². The summed E-state index contributed by atoms with van der Waals surface area (Å²) < 4.78 is 5.36. The molecule has 1 aromatic rings. The molecule has 2 rings (SSSR count). The average Bonchev–Trinajstić information content (AvgIpc) is 2.77. The van der Waals surface area contributed by atoms with Crippen LogP contribution >= 0.6 is 11.3 Å². The molecule has 1 aromatic heterocycles. The highest BCUT2D eigenvalue weighted by Gasteiger charge is 2.35. The molecule has 0 saturated carbocycles. The summed E-state index contributed by atoms with van der Waals surface area (Å²) in [5.74, 6) is -1.12. The van der Waals surface area contributed by atoms with E-state index in [0.717, 1.165) is 11.3 Å². The minimum absolute atomic E-state index is 0.124. The molecule has 1 fully saturated rings. The summed E-state index contributed by atoms with van der Waals surface area (Å²) >= 11 is 1.01. The van der Waals surface area contributed by atoms with E-state index in [-0.39, 0.29) is 16.3 Å². The second-order valence-electron chi connectivity index (χ2n) is 4.79. The Morgan fingerprint density at radius 3 is 2.61 bits per heavy atom. The predicted octanol–water partition coefficient (Wildman–Crippen LogP) is 1.70. The monoisotopic (exact) mass is 269 g/mol. The fraction of sp³-hybridized carbons (Fsp3) is 0.500. The summed E-state index contributed by atoms with van der Waals surface area (Å²) in [5, 5.41) is 8.86. The van der Waals surface area contributed by atoms with Crippen molar-refractivity contribution < 1.29 is 19.4 Å². The maximum absolute atomic E-state index is 12.3. The predicted molar refractivity (Wildman–Crippen MR) is 67.2 cm³/mol.